The van der Waals surface area contributed by atoms with Gasteiger partial charge in [-0.1, -0.05) is 0 Å². The predicted octanol–water partition coefficient (Wildman–Crippen LogP) is -0.274. The van der Waals surface area contributed by atoms with E-state index in [2.05, 4.69) is 20.7 Å². The number of tetrazole rings is 1. The van der Waals surface area contributed by atoms with Crippen molar-refractivity contribution >= 4 is 0 Å². The molecule has 2 rings (SSSR count). The molecule has 1 aromatic rings. The fourth-order valence-electron chi connectivity index (χ4n) is 1.75. The Bertz CT molecular complexity index is 294. The third-order valence-corrected chi connectivity index (χ3v) is 2.59. The Hall–Kier alpha value is -1.01. The molecule has 1 aliphatic rings. The molecule has 1 aromatic heterocycles. The number of hydrogen-bond donors (Lipinski definition) is 1. The summed E-state index contributed by atoms with van der Waals surface area (Å²) in [6, 6.07) is 0. The van der Waals surface area contributed by atoms with Gasteiger partial charge in [0.25, 0.3) is 0 Å². The van der Waals surface area contributed by atoms with E-state index in [0.29, 0.717) is 18.3 Å². The van der Waals surface area contributed by atoms with Crippen molar-refractivity contribution in [1.29, 1.82) is 0 Å². The van der Waals surface area contributed by atoms with Crippen LogP contribution in [0.2, 0.25) is 0 Å². The van der Waals surface area contributed by atoms with Crippen LogP contribution in [0.5, 0.6) is 0 Å². The van der Waals surface area contributed by atoms with Crippen LogP contribution in [0, 0.1) is 5.92 Å². The SMILES string of the molecule is Cn1nnc(COCC2CCNCC2)n1. The Morgan fingerprint density at radius 1 is 1.47 bits per heavy atom. The Labute approximate surface area is 89.0 Å². The van der Waals surface area contributed by atoms with Crippen LogP contribution in [-0.2, 0) is 18.4 Å². The molecule has 6 heteroatoms. The topological polar surface area (TPSA) is 64.9 Å². The molecule has 0 radical (unpaired) electrons. The van der Waals surface area contributed by atoms with Crippen LogP contribution in [-0.4, -0.2) is 39.9 Å². The highest BCUT2D eigenvalue weighted by Crippen LogP contribution is 2.11. The maximum atomic E-state index is 5.57. The highest BCUT2D eigenvalue weighted by Gasteiger charge is 2.13. The maximum absolute atomic E-state index is 5.57. The maximum Gasteiger partial charge on any atom is 0.200 e. The monoisotopic (exact) mass is 211 g/mol. The first-order valence-electron chi connectivity index (χ1n) is 5.36. The number of nitrogens with zero attached hydrogens (tertiary/aromatic N) is 4. The van der Waals surface area contributed by atoms with Gasteiger partial charge in [0, 0.05) is 0 Å². The Morgan fingerprint density at radius 3 is 2.93 bits per heavy atom. The molecule has 1 N–H and O–H groups in total. The van der Waals surface area contributed by atoms with Crippen LogP contribution in [0.3, 0.4) is 0 Å². The zero-order valence-corrected chi connectivity index (χ0v) is 9.02. The lowest BCUT2D eigenvalue weighted by molar-refractivity contribution is 0.0722. The van der Waals surface area contributed by atoms with Gasteiger partial charge in [-0.2, -0.15) is 4.80 Å². The van der Waals surface area contributed by atoms with E-state index in [4.69, 9.17) is 4.74 Å². The van der Waals surface area contributed by atoms with Gasteiger partial charge in [-0.25, -0.2) is 0 Å². The molecule has 0 amide bonds. The minimum absolute atomic E-state index is 0.470. The number of nitrogens with one attached hydrogen (secondary N) is 1. The third kappa shape index (κ3) is 3.24. The summed E-state index contributed by atoms with van der Waals surface area (Å²) in [4.78, 5) is 1.45. The number of hydrogen-bond acceptors (Lipinski definition) is 5. The fraction of sp³-hybridized carbons (Fsp3) is 0.889. The molecule has 6 nitrogen and oxygen atoms in total. The number of piperidine rings is 1. The van der Waals surface area contributed by atoms with Crippen LogP contribution in [0.4, 0.5) is 0 Å². The van der Waals surface area contributed by atoms with E-state index in [1.807, 2.05) is 0 Å². The molecule has 1 fully saturated rings. The van der Waals surface area contributed by atoms with E-state index in [1.165, 1.54) is 17.6 Å². The van der Waals surface area contributed by atoms with Crippen molar-refractivity contribution in [1.82, 2.24) is 25.5 Å². The summed E-state index contributed by atoms with van der Waals surface area (Å²) in [5.74, 6) is 1.34. The van der Waals surface area contributed by atoms with Crippen LogP contribution in [0.1, 0.15) is 18.7 Å². The summed E-state index contributed by atoms with van der Waals surface area (Å²) in [5, 5.41) is 15.0. The molecule has 0 aliphatic carbocycles. The van der Waals surface area contributed by atoms with Crippen molar-refractivity contribution in [3.05, 3.63) is 5.82 Å². The molecular weight excluding hydrogens is 194 g/mol. The van der Waals surface area contributed by atoms with Gasteiger partial charge in [-0.15, -0.1) is 10.2 Å². The van der Waals surface area contributed by atoms with Crippen LogP contribution in [0.25, 0.3) is 0 Å². The smallest absolute Gasteiger partial charge is 0.200 e. The first-order valence-corrected chi connectivity index (χ1v) is 5.36. The molecule has 0 bridgehead atoms. The second-order valence-corrected chi connectivity index (χ2v) is 3.90. The molecular formula is C9H17N5O. The van der Waals surface area contributed by atoms with Crippen molar-refractivity contribution in [2.24, 2.45) is 13.0 Å². The second-order valence-electron chi connectivity index (χ2n) is 3.90. The van der Waals surface area contributed by atoms with Gasteiger partial charge in [0.15, 0.2) is 5.82 Å². The molecule has 15 heavy (non-hydrogen) atoms. The molecule has 84 valence electrons. The molecule has 0 aromatic carbocycles. The van der Waals surface area contributed by atoms with Gasteiger partial charge in [0.2, 0.25) is 0 Å². The van der Waals surface area contributed by atoms with E-state index in [0.717, 1.165) is 19.7 Å². The fourth-order valence-corrected chi connectivity index (χ4v) is 1.75. The normalized spacial score (nSPS) is 18.2. The Kier molecular flexibility index (Phi) is 3.63. The van der Waals surface area contributed by atoms with Crippen LogP contribution in [0.15, 0.2) is 0 Å². The summed E-state index contributed by atoms with van der Waals surface area (Å²) in [7, 11) is 1.75. The van der Waals surface area contributed by atoms with Crippen LogP contribution >= 0.6 is 0 Å². The lowest BCUT2D eigenvalue weighted by Crippen LogP contribution is -2.29. The van der Waals surface area contributed by atoms with E-state index < -0.39 is 0 Å². The summed E-state index contributed by atoms with van der Waals surface area (Å²) < 4.78 is 5.57. The average molecular weight is 211 g/mol. The second kappa shape index (κ2) is 5.18. The van der Waals surface area contributed by atoms with Gasteiger partial charge in [-0.05, 0) is 37.1 Å². The minimum atomic E-state index is 0.470. The Morgan fingerprint density at radius 2 is 2.27 bits per heavy atom. The van der Waals surface area contributed by atoms with Crippen molar-refractivity contribution in [3.8, 4) is 0 Å². The van der Waals surface area contributed by atoms with Gasteiger partial charge >= 0.3 is 0 Å². The summed E-state index contributed by atoms with van der Waals surface area (Å²) in [6.07, 6.45) is 2.40. The van der Waals surface area contributed by atoms with Crippen molar-refractivity contribution in [3.63, 3.8) is 0 Å². The zero-order chi connectivity index (χ0) is 10.5. The zero-order valence-electron chi connectivity index (χ0n) is 9.02. The van der Waals surface area contributed by atoms with Gasteiger partial charge in [0.1, 0.15) is 6.61 Å². The number of aromatic nitrogens is 4. The van der Waals surface area contributed by atoms with Crippen molar-refractivity contribution < 1.29 is 4.74 Å². The van der Waals surface area contributed by atoms with E-state index in [-0.39, 0.29) is 0 Å². The Balaban J connectivity index is 1.65. The van der Waals surface area contributed by atoms with Gasteiger partial charge in [0.05, 0.1) is 13.7 Å². The highest BCUT2D eigenvalue weighted by molar-refractivity contribution is 4.72. The first kappa shape index (κ1) is 10.5. The van der Waals surface area contributed by atoms with Crippen LogP contribution < -0.4 is 5.32 Å². The molecule has 0 atom stereocenters. The summed E-state index contributed by atoms with van der Waals surface area (Å²) in [5.41, 5.74) is 0. The van der Waals surface area contributed by atoms with Crippen molar-refractivity contribution in [2.75, 3.05) is 19.7 Å². The van der Waals surface area contributed by atoms with Gasteiger partial charge in [-0.3, -0.25) is 0 Å². The number of ether oxygens (including phenoxy) is 1. The van der Waals surface area contributed by atoms with E-state index >= 15 is 0 Å². The van der Waals surface area contributed by atoms with Gasteiger partial charge < -0.3 is 10.1 Å². The van der Waals surface area contributed by atoms with E-state index in [1.54, 1.807) is 7.05 Å². The predicted molar refractivity (Wildman–Crippen MR) is 54.0 cm³/mol. The summed E-state index contributed by atoms with van der Waals surface area (Å²) >= 11 is 0. The minimum Gasteiger partial charge on any atom is -0.373 e. The molecule has 2 heterocycles. The quantitative estimate of drug-likeness (QED) is 0.742. The lowest BCUT2D eigenvalue weighted by Gasteiger charge is -2.21. The molecule has 0 saturated carbocycles. The molecule has 1 saturated heterocycles. The van der Waals surface area contributed by atoms with Crippen molar-refractivity contribution in [2.45, 2.75) is 19.4 Å². The average Bonchev–Trinajstić information content (AvgIpc) is 2.66. The molecule has 1 aliphatic heterocycles. The molecule has 0 spiro atoms. The highest BCUT2D eigenvalue weighted by atomic mass is 16.5. The lowest BCUT2D eigenvalue weighted by atomic mass is 9.99. The first-order chi connectivity index (χ1) is 7.34. The molecule has 0 unspecified atom stereocenters. The number of aryl methyl sites for hydroxylation is 1. The third-order valence-electron chi connectivity index (χ3n) is 2.59. The standard InChI is InChI=1S/C9H17N5O/c1-14-12-9(11-13-14)7-15-6-8-2-4-10-5-3-8/h8,10H,2-7H2,1H3. The largest absolute Gasteiger partial charge is 0.373 e. The van der Waals surface area contributed by atoms with E-state index in [9.17, 15) is 0 Å². The summed E-state index contributed by atoms with van der Waals surface area (Å²) in [6.45, 7) is 3.49. The number of rotatable bonds is 4.